The SMILES string of the molecule is CCCOCc1ccccc1CNc1ncc(S(N)(=O)=O)s1. The topological polar surface area (TPSA) is 94.3 Å². The Labute approximate surface area is 134 Å². The molecular weight excluding hydrogens is 322 g/mol. The molecular formula is C14H19N3O3S2. The average Bonchev–Trinajstić information content (AvgIpc) is 2.95. The highest BCUT2D eigenvalue weighted by Gasteiger charge is 2.12. The summed E-state index contributed by atoms with van der Waals surface area (Å²) in [5.41, 5.74) is 2.19. The Kier molecular flexibility index (Phi) is 5.90. The number of nitrogens with zero attached hydrogens (tertiary/aromatic N) is 1. The van der Waals surface area contributed by atoms with Crippen molar-refractivity contribution in [2.45, 2.75) is 30.7 Å². The largest absolute Gasteiger partial charge is 0.377 e. The lowest BCUT2D eigenvalue weighted by Crippen LogP contribution is -2.09. The van der Waals surface area contributed by atoms with E-state index in [1.807, 2.05) is 24.3 Å². The highest BCUT2D eigenvalue weighted by atomic mass is 32.2. The number of hydrogen-bond donors (Lipinski definition) is 2. The van der Waals surface area contributed by atoms with Crippen LogP contribution in [0.5, 0.6) is 0 Å². The zero-order valence-corrected chi connectivity index (χ0v) is 13.9. The van der Waals surface area contributed by atoms with Crippen molar-refractivity contribution >= 4 is 26.5 Å². The van der Waals surface area contributed by atoms with Crippen LogP contribution in [0.4, 0.5) is 5.13 Å². The maximum atomic E-state index is 11.2. The fourth-order valence-corrected chi connectivity index (χ4v) is 3.29. The molecule has 1 aromatic carbocycles. The van der Waals surface area contributed by atoms with Crippen molar-refractivity contribution in [2.24, 2.45) is 5.14 Å². The van der Waals surface area contributed by atoms with Crippen LogP contribution in [0, 0.1) is 0 Å². The van der Waals surface area contributed by atoms with Crippen molar-refractivity contribution in [3.63, 3.8) is 0 Å². The van der Waals surface area contributed by atoms with Crippen LogP contribution in [0.15, 0.2) is 34.7 Å². The van der Waals surface area contributed by atoms with E-state index in [9.17, 15) is 8.42 Å². The minimum atomic E-state index is -3.69. The van der Waals surface area contributed by atoms with E-state index in [-0.39, 0.29) is 4.21 Å². The molecule has 0 radical (unpaired) electrons. The van der Waals surface area contributed by atoms with Gasteiger partial charge in [-0.25, -0.2) is 18.5 Å². The van der Waals surface area contributed by atoms with Crippen LogP contribution in [0.2, 0.25) is 0 Å². The predicted octanol–water partition coefficient (Wildman–Crippen LogP) is 2.33. The summed E-state index contributed by atoms with van der Waals surface area (Å²) in [6.07, 6.45) is 2.24. The summed E-state index contributed by atoms with van der Waals surface area (Å²) in [4.78, 5) is 4.02. The molecule has 22 heavy (non-hydrogen) atoms. The summed E-state index contributed by atoms with van der Waals surface area (Å²) < 4.78 is 28.1. The molecule has 120 valence electrons. The summed E-state index contributed by atoms with van der Waals surface area (Å²) in [5.74, 6) is 0. The molecule has 0 saturated heterocycles. The first-order chi connectivity index (χ1) is 10.5. The van der Waals surface area contributed by atoms with Crippen LogP contribution in [0.3, 0.4) is 0 Å². The summed E-state index contributed by atoms with van der Waals surface area (Å²) in [5, 5.41) is 8.71. The highest BCUT2D eigenvalue weighted by molar-refractivity contribution is 7.91. The molecule has 3 N–H and O–H groups in total. The molecule has 1 heterocycles. The Morgan fingerprint density at radius 3 is 2.68 bits per heavy atom. The normalized spacial score (nSPS) is 11.5. The van der Waals surface area contributed by atoms with Gasteiger partial charge in [0.25, 0.3) is 0 Å². The smallest absolute Gasteiger partial charge is 0.249 e. The fourth-order valence-electron chi connectivity index (χ4n) is 1.84. The molecule has 0 saturated carbocycles. The third-order valence-electron chi connectivity index (χ3n) is 2.92. The number of sulfonamides is 1. The molecule has 0 fully saturated rings. The molecule has 8 heteroatoms. The Morgan fingerprint density at radius 1 is 1.32 bits per heavy atom. The second-order valence-electron chi connectivity index (χ2n) is 4.70. The monoisotopic (exact) mass is 341 g/mol. The number of thiazole rings is 1. The van der Waals surface area contributed by atoms with Crippen molar-refractivity contribution in [3.05, 3.63) is 41.6 Å². The Hall–Kier alpha value is -1.48. The van der Waals surface area contributed by atoms with Gasteiger partial charge in [0.2, 0.25) is 10.0 Å². The molecule has 6 nitrogen and oxygen atoms in total. The lowest BCUT2D eigenvalue weighted by molar-refractivity contribution is 0.121. The molecule has 1 aromatic heterocycles. The van der Waals surface area contributed by atoms with Crippen LogP contribution in [-0.2, 0) is 27.9 Å². The van der Waals surface area contributed by atoms with Gasteiger partial charge in [-0.15, -0.1) is 0 Å². The number of ether oxygens (including phenoxy) is 1. The quantitative estimate of drug-likeness (QED) is 0.719. The van der Waals surface area contributed by atoms with Crippen LogP contribution < -0.4 is 10.5 Å². The molecule has 2 rings (SSSR count). The summed E-state index contributed by atoms with van der Waals surface area (Å²) in [6, 6.07) is 7.95. The van der Waals surface area contributed by atoms with Crippen molar-refractivity contribution in [2.75, 3.05) is 11.9 Å². The second-order valence-corrected chi connectivity index (χ2v) is 7.52. The number of primary sulfonamides is 1. The zero-order valence-electron chi connectivity index (χ0n) is 12.3. The lowest BCUT2D eigenvalue weighted by Gasteiger charge is -2.10. The first kappa shape index (κ1) is 16.9. The van der Waals surface area contributed by atoms with Crippen molar-refractivity contribution in [3.8, 4) is 0 Å². The third kappa shape index (κ3) is 4.77. The number of rotatable bonds is 8. The molecule has 0 atom stereocenters. The Balaban J connectivity index is 2.01. The van der Waals surface area contributed by atoms with Crippen molar-refractivity contribution in [1.29, 1.82) is 0 Å². The van der Waals surface area contributed by atoms with Gasteiger partial charge in [0, 0.05) is 13.2 Å². The Bertz CT molecular complexity index is 714. The zero-order chi connectivity index (χ0) is 16.0. The number of nitrogens with one attached hydrogen (secondary N) is 1. The molecule has 0 amide bonds. The van der Waals surface area contributed by atoms with Gasteiger partial charge in [0.05, 0.1) is 12.8 Å². The molecule has 2 aromatic rings. The number of nitrogens with two attached hydrogens (primary N) is 1. The standard InChI is InChI=1S/C14H19N3O3S2/c1-2-7-20-10-12-6-4-3-5-11(12)8-16-14-17-9-13(21-14)22(15,18)19/h3-6,9H,2,7-8,10H2,1H3,(H,16,17)(H2,15,18,19). The summed E-state index contributed by atoms with van der Waals surface area (Å²) in [6.45, 7) is 3.90. The first-order valence-corrected chi connectivity index (χ1v) is 9.24. The van der Waals surface area contributed by atoms with E-state index < -0.39 is 10.0 Å². The molecule has 0 bridgehead atoms. The van der Waals surface area contributed by atoms with Gasteiger partial charge in [0.15, 0.2) is 9.34 Å². The number of benzene rings is 1. The van der Waals surface area contributed by atoms with Crippen LogP contribution in [0.25, 0.3) is 0 Å². The predicted molar refractivity (Wildman–Crippen MR) is 87.2 cm³/mol. The molecule has 0 aliphatic rings. The third-order valence-corrected chi connectivity index (χ3v) is 5.28. The number of aromatic nitrogens is 1. The van der Waals surface area contributed by atoms with Gasteiger partial charge in [-0.05, 0) is 17.5 Å². The maximum absolute atomic E-state index is 11.2. The van der Waals surface area contributed by atoms with E-state index in [1.54, 1.807) is 0 Å². The molecule has 0 unspecified atom stereocenters. The van der Waals surface area contributed by atoms with Crippen molar-refractivity contribution < 1.29 is 13.2 Å². The minimum Gasteiger partial charge on any atom is -0.377 e. The first-order valence-electron chi connectivity index (χ1n) is 6.87. The maximum Gasteiger partial charge on any atom is 0.249 e. The second kappa shape index (κ2) is 7.68. The average molecular weight is 341 g/mol. The van der Waals surface area contributed by atoms with Crippen LogP contribution in [-0.4, -0.2) is 20.0 Å². The van der Waals surface area contributed by atoms with Gasteiger partial charge in [-0.1, -0.05) is 42.5 Å². The van der Waals surface area contributed by atoms with E-state index in [1.165, 1.54) is 6.20 Å². The number of hydrogen-bond acceptors (Lipinski definition) is 6. The summed E-state index contributed by atoms with van der Waals surface area (Å²) >= 11 is 1.02. The van der Waals surface area contributed by atoms with Crippen LogP contribution in [0.1, 0.15) is 24.5 Å². The number of anilines is 1. The van der Waals surface area contributed by atoms with Gasteiger partial charge in [-0.3, -0.25) is 0 Å². The van der Waals surface area contributed by atoms with E-state index in [0.29, 0.717) is 18.3 Å². The lowest BCUT2D eigenvalue weighted by atomic mass is 10.1. The van der Waals surface area contributed by atoms with Crippen molar-refractivity contribution in [1.82, 2.24) is 4.98 Å². The molecule has 0 aliphatic carbocycles. The van der Waals surface area contributed by atoms with Gasteiger partial charge < -0.3 is 10.1 Å². The van der Waals surface area contributed by atoms with Gasteiger partial charge >= 0.3 is 0 Å². The van der Waals surface area contributed by atoms with E-state index >= 15 is 0 Å². The van der Waals surface area contributed by atoms with Gasteiger partial charge in [-0.2, -0.15) is 0 Å². The Morgan fingerprint density at radius 2 is 2.05 bits per heavy atom. The minimum absolute atomic E-state index is 0.0505. The van der Waals surface area contributed by atoms with E-state index in [4.69, 9.17) is 9.88 Å². The van der Waals surface area contributed by atoms with E-state index in [2.05, 4.69) is 17.2 Å². The molecule has 0 spiro atoms. The fraction of sp³-hybridized carbons (Fsp3) is 0.357. The van der Waals surface area contributed by atoms with Crippen LogP contribution >= 0.6 is 11.3 Å². The van der Waals surface area contributed by atoms with E-state index in [0.717, 1.165) is 35.5 Å². The highest BCUT2D eigenvalue weighted by Crippen LogP contribution is 2.22. The van der Waals surface area contributed by atoms with Gasteiger partial charge in [0.1, 0.15) is 0 Å². The molecule has 0 aliphatic heterocycles. The summed E-state index contributed by atoms with van der Waals surface area (Å²) in [7, 11) is -3.69.